The first-order valence-corrected chi connectivity index (χ1v) is 15.5. The van der Waals surface area contributed by atoms with Gasteiger partial charge in [-0.15, -0.1) is 0 Å². The van der Waals surface area contributed by atoms with Crippen LogP contribution in [0.2, 0.25) is 0 Å². The molecular weight excluding hydrogens is 455 g/mol. The van der Waals surface area contributed by atoms with Gasteiger partial charge >= 0.3 is 219 Å². The van der Waals surface area contributed by atoms with Crippen molar-refractivity contribution in [1.82, 2.24) is 0 Å². The van der Waals surface area contributed by atoms with Gasteiger partial charge in [0.15, 0.2) is 0 Å². The SMILES string of the molecule is COP(CC=C(C)C=CC1=C(C)CCCC1(C)C)(c1ccccc1)(c1ccccc1)c1ccccc1. The molecule has 4 rings (SSSR count). The summed E-state index contributed by atoms with van der Waals surface area (Å²) in [6, 6.07) is 32.6. The molecule has 1 aliphatic rings. The Bertz CT molecular complexity index is 1150. The van der Waals surface area contributed by atoms with E-state index in [1.165, 1.54) is 51.9 Å². The predicted molar refractivity (Wildman–Crippen MR) is 160 cm³/mol. The monoisotopic (exact) mass is 496 g/mol. The van der Waals surface area contributed by atoms with Gasteiger partial charge in [0, 0.05) is 0 Å². The van der Waals surface area contributed by atoms with Crippen LogP contribution in [0.1, 0.15) is 47.0 Å². The number of hydrogen-bond donors (Lipinski definition) is 0. The zero-order valence-electron chi connectivity index (χ0n) is 22.6. The fraction of sp³-hybridized carbons (Fsp3) is 0.294. The van der Waals surface area contributed by atoms with Gasteiger partial charge in [0.1, 0.15) is 0 Å². The minimum atomic E-state index is -3.26. The van der Waals surface area contributed by atoms with Crippen LogP contribution in [0.15, 0.2) is 126 Å². The summed E-state index contributed by atoms with van der Waals surface area (Å²) < 4.78 is 6.93. The predicted octanol–water partition coefficient (Wildman–Crippen LogP) is 8.11. The Kier molecular flexibility index (Phi) is 7.84. The topological polar surface area (TPSA) is 9.23 Å². The van der Waals surface area contributed by atoms with Gasteiger partial charge in [-0.1, -0.05) is 0 Å². The van der Waals surface area contributed by atoms with Crippen molar-refractivity contribution < 1.29 is 4.52 Å². The van der Waals surface area contributed by atoms with E-state index in [9.17, 15) is 0 Å². The summed E-state index contributed by atoms with van der Waals surface area (Å²) in [4.78, 5) is 0. The average molecular weight is 497 g/mol. The summed E-state index contributed by atoms with van der Waals surface area (Å²) in [7, 11) is 1.91. The van der Waals surface area contributed by atoms with E-state index in [4.69, 9.17) is 4.52 Å². The van der Waals surface area contributed by atoms with Gasteiger partial charge in [-0.05, 0) is 0 Å². The zero-order valence-corrected chi connectivity index (χ0v) is 23.5. The second-order valence-corrected chi connectivity index (χ2v) is 15.5. The van der Waals surface area contributed by atoms with Crippen LogP contribution in [-0.4, -0.2) is 13.3 Å². The van der Waals surface area contributed by atoms with Crippen molar-refractivity contribution in [3.63, 3.8) is 0 Å². The van der Waals surface area contributed by atoms with E-state index >= 15 is 0 Å². The third-order valence-corrected chi connectivity index (χ3v) is 14.0. The molecule has 0 amide bonds. The Morgan fingerprint density at radius 2 is 1.31 bits per heavy atom. The Morgan fingerprint density at radius 3 is 1.72 bits per heavy atom. The van der Waals surface area contributed by atoms with Crippen molar-refractivity contribution in [3.05, 3.63) is 126 Å². The second-order valence-electron chi connectivity index (χ2n) is 10.8. The van der Waals surface area contributed by atoms with Crippen LogP contribution in [0.4, 0.5) is 0 Å². The first kappa shape index (κ1) is 26.3. The van der Waals surface area contributed by atoms with Gasteiger partial charge in [-0.3, -0.25) is 0 Å². The molecule has 0 aliphatic heterocycles. The van der Waals surface area contributed by atoms with E-state index in [0.29, 0.717) is 0 Å². The number of rotatable bonds is 8. The molecular formula is C34H41OP. The molecule has 0 unspecified atom stereocenters. The van der Waals surface area contributed by atoms with E-state index in [1.807, 2.05) is 7.11 Å². The Balaban J connectivity index is 1.88. The van der Waals surface area contributed by atoms with E-state index < -0.39 is 6.83 Å². The Hall–Kier alpha value is -2.73. The van der Waals surface area contributed by atoms with Crippen LogP contribution in [0.5, 0.6) is 0 Å². The second kappa shape index (κ2) is 10.7. The van der Waals surface area contributed by atoms with Gasteiger partial charge in [-0.25, -0.2) is 0 Å². The van der Waals surface area contributed by atoms with Crippen LogP contribution in [0.25, 0.3) is 0 Å². The summed E-state index contributed by atoms with van der Waals surface area (Å²) in [5.74, 6) is 0. The van der Waals surface area contributed by atoms with Gasteiger partial charge in [0.05, 0.1) is 0 Å². The summed E-state index contributed by atoms with van der Waals surface area (Å²) in [5.41, 5.74) is 4.54. The summed E-state index contributed by atoms with van der Waals surface area (Å²) in [6.45, 7) is 6.03. The van der Waals surface area contributed by atoms with E-state index in [-0.39, 0.29) is 5.41 Å². The molecule has 0 saturated carbocycles. The molecule has 2 heteroatoms. The molecule has 0 radical (unpaired) electrons. The molecule has 1 nitrogen and oxygen atoms in total. The molecule has 0 heterocycles. The van der Waals surface area contributed by atoms with Crippen molar-refractivity contribution in [1.29, 1.82) is 0 Å². The van der Waals surface area contributed by atoms with Crippen LogP contribution in [0.3, 0.4) is 0 Å². The van der Waals surface area contributed by atoms with Crippen LogP contribution < -0.4 is 15.9 Å². The average Bonchev–Trinajstić information content (AvgIpc) is 2.91. The molecule has 0 saturated heterocycles. The summed E-state index contributed by atoms with van der Waals surface area (Å²) in [5, 5.41) is 3.76. The zero-order chi connectivity index (χ0) is 25.7. The molecule has 36 heavy (non-hydrogen) atoms. The first-order valence-electron chi connectivity index (χ1n) is 13.1. The molecule has 3 aromatic rings. The molecule has 0 aromatic heterocycles. The number of benzene rings is 3. The molecule has 1 aliphatic carbocycles. The van der Waals surface area contributed by atoms with Crippen molar-refractivity contribution in [2.75, 3.05) is 13.3 Å². The molecule has 0 fully saturated rings. The van der Waals surface area contributed by atoms with Crippen molar-refractivity contribution in [3.8, 4) is 0 Å². The van der Waals surface area contributed by atoms with Crippen LogP contribution >= 0.6 is 6.83 Å². The van der Waals surface area contributed by atoms with Crippen molar-refractivity contribution in [2.45, 2.75) is 47.0 Å². The van der Waals surface area contributed by atoms with Crippen molar-refractivity contribution in [2.24, 2.45) is 5.41 Å². The van der Waals surface area contributed by atoms with Gasteiger partial charge in [0.2, 0.25) is 0 Å². The molecule has 0 spiro atoms. The van der Waals surface area contributed by atoms with Crippen LogP contribution in [-0.2, 0) is 4.52 Å². The first-order chi connectivity index (χ1) is 17.3. The Labute approximate surface area is 218 Å². The van der Waals surface area contributed by atoms with Gasteiger partial charge < -0.3 is 0 Å². The van der Waals surface area contributed by atoms with Crippen LogP contribution in [0, 0.1) is 5.41 Å². The van der Waals surface area contributed by atoms with E-state index in [1.54, 1.807) is 0 Å². The molecule has 188 valence electrons. The standard InChI is InChI=1S/C34H41OP/c1-28(23-24-33-29(2)16-15-26-34(33,3)4)25-27-36(35-5,30-17-9-6-10-18-30,31-19-11-7-12-20-31)32-21-13-8-14-22-32/h6-14,17-25H,15-16,26-27H2,1-5H3. The normalized spacial score (nSPS) is 17.7. The van der Waals surface area contributed by atoms with Crippen molar-refractivity contribution >= 4 is 22.7 Å². The fourth-order valence-corrected chi connectivity index (χ4v) is 11.3. The third-order valence-electron chi connectivity index (χ3n) is 8.13. The fourth-order valence-electron chi connectivity index (χ4n) is 6.00. The quantitative estimate of drug-likeness (QED) is 0.226. The molecule has 0 atom stereocenters. The minimum absolute atomic E-state index is 0.239. The molecule has 0 bridgehead atoms. The Morgan fingerprint density at radius 1 is 0.833 bits per heavy atom. The number of allylic oxidation sites excluding steroid dienone is 6. The summed E-state index contributed by atoms with van der Waals surface area (Å²) >= 11 is 0. The maximum atomic E-state index is 6.93. The summed E-state index contributed by atoms with van der Waals surface area (Å²) in [6.07, 6.45) is 11.6. The van der Waals surface area contributed by atoms with Gasteiger partial charge in [-0.2, -0.15) is 0 Å². The van der Waals surface area contributed by atoms with E-state index in [2.05, 4.69) is 137 Å². The van der Waals surface area contributed by atoms with Gasteiger partial charge in [0.25, 0.3) is 0 Å². The molecule has 0 N–H and O–H groups in total. The maximum absolute atomic E-state index is 6.93. The van der Waals surface area contributed by atoms with E-state index in [0.717, 1.165) is 6.16 Å². The third kappa shape index (κ3) is 4.68. The molecule has 3 aromatic carbocycles. The number of hydrogen-bond acceptors (Lipinski definition) is 1.